The number of nitrogens with one attached hydrogen (secondary N) is 2. The molecular weight excluding hydrogens is 342 g/mol. The van der Waals surface area contributed by atoms with Gasteiger partial charge in [0.15, 0.2) is 0 Å². The van der Waals surface area contributed by atoms with E-state index in [2.05, 4.69) is 15.0 Å². The summed E-state index contributed by atoms with van der Waals surface area (Å²) in [6.45, 7) is 1.02. The Labute approximate surface area is 146 Å². The van der Waals surface area contributed by atoms with E-state index in [4.69, 9.17) is 4.74 Å². The summed E-state index contributed by atoms with van der Waals surface area (Å²) in [5.41, 5.74) is 1.49. The molecule has 1 atom stereocenters. The van der Waals surface area contributed by atoms with E-state index in [1.807, 2.05) is 0 Å². The third kappa shape index (κ3) is 4.04. The minimum absolute atomic E-state index is 0.117. The zero-order valence-corrected chi connectivity index (χ0v) is 14.5. The van der Waals surface area contributed by atoms with Gasteiger partial charge in [0.1, 0.15) is 5.82 Å². The Hall–Kier alpha value is -2.29. The molecule has 0 saturated carbocycles. The van der Waals surface area contributed by atoms with Crippen molar-refractivity contribution >= 4 is 21.7 Å². The molecule has 1 unspecified atom stereocenters. The topological polar surface area (TPSA) is 97.4 Å². The van der Waals surface area contributed by atoms with E-state index in [0.29, 0.717) is 25.5 Å². The van der Waals surface area contributed by atoms with Crippen molar-refractivity contribution in [2.24, 2.45) is 5.92 Å². The number of sulfonamides is 1. The number of benzene rings is 1. The van der Waals surface area contributed by atoms with Gasteiger partial charge in [-0.25, -0.2) is 18.1 Å². The zero-order chi connectivity index (χ0) is 17.9. The molecule has 7 nitrogen and oxygen atoms in total. The molecule has 1 fully saturated rings. The quantitative estimate of drug-likeness (QED) is 0.844. The smallest absolute Gasteiger partial charge is 0.240 e. The van der Waals surface area contributed by atoms with Crippen LogP contribution in [-0.2, 0) is 19.6 Å². The largest absolute Gasteiger partial charge is 0.381 e. The van der Waals surface area contributed by atoms with E-state index >= 15 is 0 Å². The first-order valence-electron chi connectivity index (χ1n) is 7.88. The molecule has 1 saturated heterocycles. The van der Waals surface area contributed by atoms with Gasteiger partial charge in [-0.05, 0) is 48.9 Å². The van der Waals surface area contributed by atoms with Crippen LogP contribution < -0.4 is 10.0 Å². The number of ether oxygens (including phenoxy) is 1. The molecule has 2 heterocycles. The van der Waals surface area contributed by atoms with Crippen LogP contribution in [-0.4, -0.2) is 39.6 Å². The molecule has 1 aromatic carbocycles. The number of hydrogen-bond acceptors (Lipinski definition) is 5. The number of nitrogens with zero attached hydrogens (tertiary/aromatic N) is 1. The molecule has 1 aliphatic rings. The standard InChI is InChI=1S/C17H19N3O4S/c1-18-25(22,23)15-4-2-3-12(9-15)13-5-7-19-16(10-13)20-17(21)14-6-8-24-11-14/h2-5,7,9-10,14,18H,6,8,11H2,1H3,(H,19,20,21). The van der Waals surface area contributed by atoms with Crippen molar-refractivity contribution in [1.82, 2.24) is 9.71 Å². The van der Waals surface area contributed by atoms with Crippen molar-refractivity contribution in [3.63, 3.8) is 0 Å². The van der Waals surface area contributed by atoms with Gasteiger partial charge in [-0.3, -0.25) is 4.79 Å². The van der Waals surface area contributed by atoms with Crippen molar-refractivity contribution < 1.29 is 17.9 Å². The van der Waals surface area contributed by atoms with Gasteiger partial charge in [-0.15, -0.1) is 0 Å². The fourth-order valence-electron chi connectivity index (χ4n) is 2.61. The summed E-state index contributed by atoms with van der Waals surface area (Å²) in [4.78, 5) is 16.5. The van der Waals surface area contributed by atoms with Gasteiger partial charge in [0.2, 0.25) is 15.9 Å². The molecule has 1 aromatic heterocycles. The zero-order valence-electron chi connectivity index (χ0n) is 13.7. The summed E-state index contributed by atoms with van der Waals surface area (Å²) in [7, 11) is -2.15. The van der Waals surface area contributed by atoms with Crippen LogP contribution in [0.25, 0.3) is 11.1 Å². The second-order valence-electron chi connectivity index (χ2n) is 5.71. The summed E-state index contributed by atoms with van der Waals surface area (Å²) >= 11 is 0. The molecule has 0 radical (unpaired) electrons. The highest BCUT2D eigenvalue weighted by Gasteiger charge is 2.23. The number of carbonyl (C=O) groups excluding carboxylic acids is 1. The second-order valence-corrected chi connectivity index (χ2v) is 7.60. The molecule has 1 aliphatic heterocycles. The van der Waals surface area contributed by atoms with Crippen molar-refractivity contribution in [2.45, 2.75) is 11.3 Å². The van der Waals surface area contributed by atoms with Crippen molar-refractivity contribution in [2.75, 3.05) is 25.6 Å². The Bertz CT molecular complexity index is 877. The lowest BCUT2D eigenvalue weighted by Crippen LogP contribution is -2.23. The Morgan fingerprint density at radius 3 is 2.76 bits per heavy atom. The lowest BCUT2D eigenvalue weighted by Gasteiger charge is -2.10. The van der Waals surface area contributed by atoms with E-state index in [0.717, 1.165) is 11.1 Å². The van der Waals surface area contributed by atoms with Crippen LogP contribution in [0.2, 0.25) is 0 Å². The predicted octanol–water partition coefficient (Wildman–Crippen LogP) is 1.63. The Morgan fingerprint density at radius 1 is 1.24 bits per heavy atom. The van der Waals surface area contributed by atoms with Gasteiger partial charge in [0, 0.05) is 12.8 Å². The van der Waals surface area contributed by atoms with Crippen LogP contribution >= 0.6 is 0 Å². The van der Waals surface area contributed by atoms with Crippen LogP contribution in [0.15, 0.2) is 47.5 Å². The highest BCUT2D eigenvalue weighted by atomic mass is 32.2. The molecule has 3 rings (SSSR count). The van der Waals surface area contributed by atoms with Crippen LogP contribution in [0.5, 0.6) is 0 Å². The molecule has 0 bridgehead atoms. The number of amides is 1. The van der Waals surface area contributed by atoms with Crippen molar-refractivity contribution in [3.8, 4) is 11.1 Å². The number of carbonyl (C=O) groups is 1. The lowest BCUT2D eigenvalue weighted by atomic mass is 10.1. The summed E-state index contributed by atoms with van der Waals surface area (Å²) < 4.78 is 31.4. The molecule has 25 heavy (non-hydrogen) atoms. The van der Waals surface area contributed by atoms with E-state index in [9.17, 15) is 13.2 Å². The first-order chi connectivity index (χ1) is 12.0. The van der Waals surface area contributed by atoms with Gasteiger partial charge in [0.25, 0.3) is 0 Å². The van der Waals surface area contributed by atoms with Gasteiger partial charge in [-0.1, -0.05) is 12.1 Å². The summed E-state index contributed by atoms with van der Waals surface area (Å²) in [5, 5.41) is 2.79. The van der Waals surface area contributed by atoms with Crippen molar-refractivity contribution in [3.05, 3.63) is 42.6 Å². The van der Waals surface area contributed by atoms with Crippen LogP contribution in [0.4, 0.5) is 5.82 Å². The van der Waals surface area contributed by atoms with E-state index in [-0.39, 0.29) is 16.7 Å². The monoisotopic (exact) mass is 361 g/mol. The molecule has 2 N–H and O–H groups in total. The van der Waals surface area contributed by atoms with E-state index in [1.54, 1.807) is 36.5 Å². The third-order valence-electron chi connectivity index (χ3n) is 4.06. The van der Waals surface area contributed by atoms with Crippen molar-refractivity contribution in [1.29, 1.82) is 0 Å². The molecule has 1 amide bonds. The lowest BCUT2D eigenvalue weighted by molar-refractivity contribution is -0.119. The number of pyridine rings is 1. The average Bonchev–Trinajstić information content (AvgIpc) is 3.17. The minimum atomic E-state index is -3.52. The fourth-order valence-corrected chi connectivity index (χ4v) is 3.38. The summed E-state index contributed by atoms with van der Waals surface area (Å²) in [6.07, 6.45) is 2.28. The predicted molar refractivity (Wildman–Crippen MR) is 93.5 cm³/mol. The minimum Gasteiger partial charge on any atom is -0.381 e. The Morgan fingerprint density at radius 2 is 2.04 bits per heavy atom. The summed E-state index contributed by atoms with van der Waals surface area (Å²) in [6, 6.07) is 10.1. The number of hydrogen-bond donors (Lipinski definition) is 2. The highest BCUT2D eigenvalue weighted by Crippen LogP contribution is 2.24. The van der Waals surface area contributed by atoms with Crippen LogP contribution in [0, 0.1) is 5.92 Å². The third-order valence-corrected chi connectivity index (χ3v) is 5.47. The molecule has 132 valence electrons. The second kappa shape index (κ2) is 7.30. The number of rotatable bonds is 5. The SMILES string of the molecule is CNS(=O)(=O)c1cccc(-c2ccnc(NC(=O)C3CCOC3)c2)c1. The molecule has 2 aromatic rings. The van der Waals surface area contributed by atoms with Gasteiger partial charge in [-0.2, -0.15) is 0 Å². The average molecular weight is 361 g/mol. The first-order valence-corrected chi connectivity index (χ1v) is 9.36. The Balaban J connectivity index is 1.84. The number of anilines is 1. The van der Waals surface area contributed by atoms with Crippen LogP contribution in [0.3, 0.4) is 0 Å². The van der Waals surface area contributed by atoms with Gasteiger partial charge < -0.3 is 10.1 Å². The maximum Gasteiger partial charge on any atom is 0.240 e. The molecule has 8 heteroatoms. The van der Waals surface area contributed by atoms with E-state index < -0.39 is 10.0 Å². The van der Waals surface area contributed by atoms with Gasteiger partial charge >= 0.3 is 0 Å². The maximum atomic E-state index is 12.2. The summed E-state index contributed by atoms with van der Waals surface area (Å²) in [5.74, 6) is 0.152. The maximum absolute atomic E-state index is 12.2. The first kappa shape index (κ1) is 17.5. The van der Waals surface area contributed by atoms with Crippen LogP contribution in [0.1, 0.15) is 6.42 Å². The molecular formula is C17H19N3O4S. The molecule has 0 spiro atoms. The molecule has 0 aliphatic carbocycles. The highest BCUT2D eigenvalue weighted by molar-refractivity contribution is 7.89. The van der Waals surface area contributed by atoms with E-state index in [1.165, 1.54) is 13.1 Å². The normalized spacial score (nSPS) is 17.4. The van der Waals surface area contributed by atoms with Gasteiger partial charge in [0.05, 0.1) is 17.4 Å². The Kier molecular flexibility index (Phi) is 5.12. The number of aromatic nitrogens is 1. The fraction of sp³-hybridized carbons (Fsp3) is 0.294.